The van der Waals surface area contributed by atoms with E-state index in [0.717, 1.165) is 10.7 Å². The molecular formula is C16H21BrN2O5S. The highest BCUT2D eigenvalue weighted by Gasteiger charge is 2.33. The first kappa shape index (κ1) is 19.9. The fourth-order valence-electron chi connectivity index (χ4n) is 2.77. The molecule has 1 saturated heterocycles. The highest BCUT2D eigenvalue weighted by Crippen LogP contribution is 2.22. The van der Waals surface area contributed by atoms with Gasteiger partial charge in [0, 0.05) is 17.6 Å². The summed E-state index contributed by atoms with van der Waals surface area (Å²) in [6.07, 6.45) is 2.31. The van der Waals surface area contributed by atoms with E-state index in [9.17, 15) is 18.0 Å². The van der Waals surface area contributed by atoms with Crippen LogP contribution in [0.3, 0.4) is 0 Å². The third-order valence-electron chi connectivity index (χ3n) is 4.15. The highest BCUT2D eigenvalue weighted by atomic mass is 79.9. The predicted octanol–water partition coefficient (Wildman–Crippen LogP) is 1.45. The van der Waals surface area contributed by atoms with Gasteiger partial charge >= 0.3 is 5.97 Å². The molecule has 138 valence electrons. The first-order chi connectivity index (χ1) is 11.7. The van der Waals surface area contributed by atoms with Crippen LogP contribution in [0.2, 0.25) is 0 Å². The van der Waals surface area contributed by atoms with Crippen LogP contribution >= 0.6 is 15.9 Å². The maximum atomic E-state index is 12.6. The van der Waals surface area contributed by atoms with Gasteiger partial charge in [0.1, 0.15) is 0 Å². The Morgan fingerprint density at radius 2 is 1.96 bits per heavy atom. The summed E-state index contributed by atoms with van der Waals surface area (Å²) in [4.78, 5) is 24.7. The number of hydrogen-bond acceptors (Lipinski definition) is 5. The maximum absolute atomic E-state index is 12.6. The summed E-state index contributed by atoms with van der Waals surface area (Å²) < 4.78 is 30.3. The topological polar surface area (TPSA) is 92.8 Å². The van der Waals surface area contributed by atoms with Crippen molar-refractivity contribution in [2.24, 2.45) is 5.92 Å². The van der Waals surface area contributed by atoms with E-state index >= 15 is 0 Å². The summed E-state index contributed by atoms with van der Waals surface area (Å²) in [7, 11) is -2.09. The van der Waals surface area contributed by atoms with Gasteiger partial charge in [-0.05, 0) is 30.5 Å². The normalized spacial score (nSPS) is 19.9. The minimum absolute atomic E-state index is 0.124. The van der Waals surface area contributed by atoms with Gasteiger partial charge in [-0.25, -0.2) is 17.5 Å². The molecule has 1 aromatic rings. The number of benzene rings is 1. The second-order valence-corrected chi connectivity index (χ2v) is 8.87. The number of methoxy groups -OCH3 is 1. The third-order valence-corrected chi connectivity index (χ3v) is 5.95. The molecule has 1 fully saturated rings. The number of halogens is 1. The lowest BCUT2D eigenvalue weighted by Gasteiger charge is -2.31. The number of ether oxygens (including phenoxy) is 1. The zero-order valence-electron chi connectivity index (χ0n) is 14.1. The van der Waals surface area contributed by atoms with Crippen LogP contribution in [0.5, 0.6) is 0 Å². The predicted molar refractivity (Wildman–Crippen MR) is 96.2 cm³/mol. The number of sulfonamides is 1. The van der Waals surface area contributed by atoms with Crippen LogP contribution < -0.4 is 5.32 Å². The van der Waals surface area contributed by atoms with Crippen molar-refractivity contribution in [3.63, 3.8) is 0 Å². The molecule has 1 aromatic carbocycles. The molecular weight excluding hydrogens is 412 g/mol. The molecule has 0 radical (unpaired) electrons. The molecule has 2 rings (SSSR count). The van der Waals surface area contributed by atoms with Crippen molar-refractivity contribution in [3.05, 3.63) is 34.3 Å². The largest absolute Gasteiger partial charge is 0.467 e. The van der Waals surface area contributed by atoms with E-state index in [2.05, 4.69) is 21.2 Å². The number of amides is 1. The molecule has 1 heterocycles. The lowest BCUT2D eigenvalue weighted by Crippen LogP contribution is -2.46. The van der Waals surface area contributed by atoms with Crippen molar-refractivity contribution in [2.45, 2.75) is 18.9 Å². The van der Waals surface area contributed by atoms with Gasteiger partial charge in [0.15, 0.2) is 6.04 Å². The van der Waals surface area contributed by atoms with Gasteiger partial charge in [0.25, 0.3) is 0 Å². The highest BCUT2D eigenvalue weighted by molar-refractivity contribution is 9.10. The van der Waals surface area contributed by atoms with E-state index in [1.54, 1.807) is 24.3 Å². The maximum Gasteiger partial charge on any atom is 0.333 e. The minimum Gasteiger partial charge on any atom is -0.467 e. The van der Waals surface area contributed by atoms with E-state index in [4.69, 9.17) is 4.74 Å². The number of nitrogens with zero attached hydrogens (tertiary/aromatic N) is 1. The Hall–Kier alpha value is -1.45. The lowest BCUT2D eigenvalue weighted by atomic mass is 9.97. The van der Waals surface area contributed by atoms with Crippen LogP contribution in [0.25, 0.3) is 0 Å². The molecule has 0 spiro atoms. The van der Waals surface area contributed by atoms with E-state index in [1.165, 1.54) is 11.4 Å². The Bertz CT molecular complexity index is 735. The number of carbonyl (C=O) groups is 2. The van der Waals surface area contributed by atoms with Crippen LogP contribution in [0.15, 0.2) is 28.7 Å². The van der Waals surface area contributed by atoms with E-state index in [1.807, 2.05) is 0 Å². The number of hydrogen-bond donors (Lipinski definition) is 1. The fourth-order valence-corrected chi connectivity index (χ4v) is 3.94. The zero-order chi connectivity index (χ0) is 18.6. The minimum atomic E-state index is -3.34. The molecule has 1 aliphatic rings. The molecule has 25 heavy (non-hydrogen) atoms. The van der Waals surface area contributed by atoms with Crippen LogP contribution in [0.4, 0.5) is 0 Å². The van der Waals surface area contributed by atoms with E-state index < -0.39 is 28.0 Å². The van der Waals surface area contributed by atoms with Gasteiger partial charge in [0.05, 0.1) is 19.3 Å². The molecule has 9 heteroatoms. The first-order valence-electron chi connectivity index (χ1n) is 7.81. The van der Waals surface area contributed by atoms with Crippen LogP contribution in [-0.4, -0.2) is 51.1 Å². The van der Waals surface area contributed by atoms with Crippen molar-refractivity contribution in [1.29, 1.82) is 0 Å². The Balaban J connectivity index is 2.14. The van der Waals surface area contributed by atoms with Gasteiger partial charge in [0.2, 0.25) is 15.9 Å². The molecule has 0 aromatic heterocycles. The third kappa shape index (κ3) is 5.26. The molecule has 2 unspecified atom stereocenters. The summed E-state index contributed by atoms with van der Waals surface area (Å²) in [5, 5.41) is 2.69. The molecule has 0 bridgehead atoms. The monoisotopic (exact) mass is 432 g/mol. The number of esters is 1. The number of carbonyl (C=O) groups excluding carboxylic acids is 2. The second-order valence-electron chi connectivity index (χ2n) is 5.98. The summed E-state index contributed by atoms with van der Waals surface area (Å²) in [5.41, 5.74) is 0.596. The van der Waals surface area contributed by atoms with Crippen LogP contribution in [-0.2, 0) is 24.3 Å². The summed E-state index contributed by atoms with van der Waals surface area (Å²) in [6, 6.07) is 6.04. The molecule has 1 amide bonds. The zero-order valence-corrected chi connectivity index (χ0v) is 16.5. The average Bonchev–Trinajstić information content (AvgIpc) is 2.59. The smallest absolute Gasteiger partial charge is 0.333 e. The Morgan fingerprint density at radius 3 is 2.52 bits per heavy atom. The lowest BCUT2D eigenvalue weighted by molar-refractivity contribution is -0.146. The Morgan fingerprint density at radius 1 is 1.32 bits per heavy atom. The van der Waals surface area contributed by atoms with Crippen molar-refractivity contribution in [2.75, 3.05) is 26.5 Å². The van der Waals surface area contributed by atoms with Crippen LogP contribution in [0.1, 0.15) is 24.4 Å². The standard InChI is InChI=1S/C16H21BrN2O5S/c1-24-16(21)14(11-5-7-13(17)8-6-11)18-15(20)12-4-3-9-19(10-12)25(2,22)23/h5-8,12,14H,3-4,9-10H2,1-2H3,(H,18,20). The molecule has 0 saturated carbocycles. The van der Waals surface area contributed by atoms with Crippen LogP contribution in [0, 0.1) is 5.92 Å². The molecule has 1 aliphatic heterocycles. The number of piperidine rings is 1. The second kappa shape index (κ2) is 8.29. The molecule has 0 aliphatic carbocycles. The molecule has 7 nitrogen and oxygen atoms in total. The van der Waals surface area contributed by atoms with E-state index in [-0.39, 0.29) is 12.5 Å². The fraction of sp³-hybridized carbons (Fsp3) is 0.500. The summed E-state index contributed by atoms with van der Waals surface area (Å²) in [6.45, 7) is 0.536. The van der Waals surface area contributed by atoms with Crippen molar-refractivity contribution in [1.82, 2.24) is 9.62 Å². The molecule has 2 atom stereocenters. The van der Waals surface area contributed by atoms with Gasteiger partial charge < -0.3 is 10.1 Å². The Labute approximate surface area is 155 Å². The van der Waals surface area contributed by atoms with Gasteiger partial charge in [-0.15, -0.1) is 0 Å². The number of nitrogens with one attached hydrogen (secondary N) is 1. The quantitative estimate of drug-likeness (QED) is 0.710. The van der Waals surface area contributed by atoms with Gasteiger partial charge in [-0.2, -0.15) is 0 Å². The van der Waals surface area contributed by atoms with Crippen molar-refractivity contribution >= 4 is 37.8 Å². The SMILES string of the molecule is COC(=O)C(NC(=O)C1CCCN(S(C)(=O)=O)C1)c1ccc(Br)cc1. The van der Waals surface area contributed by atoms with Crippen molar-refractivity contribution in [3.8, 4) is 0 Å². The van der Waals surface area contributed by atoms with Gasteiger partial charge in [-0.1, -0.05) is 28.1 Å². The van der Waals surface area contributed by atoms with Gasteiger partial charge in [-0.3, -0.25) is 4.79 Å². The summed E-state index contributed by atoms with van der Waals surface area (Å²) in [5.74, 6) is -1.43. The Kier molecular flexibility index (Phi) is 6.59. The number of rotatable bonds is 5. The van der Waals surface area contributed by atoms with Crippen molar-refractivity contribution < 1.29 is 22.7 Å². The summed E-state index contributed by atoms with van der Waals surface area (Å²) >= 11 is 3.32. The average molecular weight is 433 g/mol. The van der Waals surface area contributed by atoms with E-state index in [0.29, 0.717) is 24.9 Å². The molecule has 1 N–H and O–H groups in total. The first-order valence-corrected chi connectivity index (χ1v) is 10.5.